The molecule has 0 saturated carbocycles. The maximum Gasteiger partial charge on any atom is 0.237 e. The summed E-state index contributed by atoms with van der Waals surface area (Å²) in [5, 5.41) is 12.0. The van der Waals surface area contributed by atoms with Gasteiger partial charge in [0.1, 0.15) is 0 Å². The van der Waals surface area contributed by atoms with Gasteiger partial charge in [0, 0.05) is 0 Å². The number of nitrogens with one attached hydrogen (secondary N) is 1. The van der Waals surface area contributed by atoms with E-state index in [-0.39, 0.29) is 18.6 Å². The molecule has 0 aliphatic heterocycles. The third-order valence-corrected chi connectivity index (χ3v) is 3.25. The minimum Gasteiger partial charge on any atom is -0.394 e. The first-order valence-electron chi connectivity index (χ1n) is 7.08. The highest BCUT2D eigenvalue weighted by Gasteiger charge is 2.17. The van der Waals surface area contributed by atoms with E-state index in [4.69, 9.17) is 11.5 Å². The number of benzene rings is 1. The molecule has 0 saturated heterocycles. The average molecular weight is 279 g/mol. The van der Waals surface area contributed by atoms with E-state index < -0.39 is 6.04 Å². The number of hydrogen-bond donors (Lipinski definition) is 4. The topological polar surface area (TPSA) is 101 Å². The van der Waals surface area contributed by atoms with Crippen molar-refractivity contribution in [1.29, 1.82) is 0 Å². The average Bonchev–Trinajstić information content (AvgIpc) is 2.49. The Morgan fingerprint density at radius 1 is 1.25 bits per heavy atom. The van der Waals surface area contributed by atoms with E-state index >= 15 is 0 Å². The smallest absolute Gasteiger partial charge is 0.237 e. The van der Waals surface area contributed by atoms with Crippen LogP contribution in [0.25, 0.3) is 0 Å². The number of amides is 1. The first kappa shape index (κ1) is 16.6. The van der Waals surface area contributed by atoms with E-state index in [1.807, 2.05) is 30.3 Å². The SMILES string of the molecule is NCCC[C@@H](CO)NC(=O)[C@@H](N)CCc1ccccc1. The van der Waals surface area contributed by atoms with Crippen LogP contribution in [-0.4, -0.2) is 36.2 Å². The fourth-order valence-electron chi connectivity index (χ4n) is 1.98. The van der Waals surface area contributed by atoms with Gasteiger partial charge in [-0.3, -0.25) is 4.79 Å². The van der Waals surface area contributed by atoms with E-state index in [0.717, 1.165) is 18.4 Å². The number of rotatable bonds is 9. The molecule has 0 fully saturated rings. The number of aryl methyl sites for hydroxylation is 1. The monoisotopic (exact) mass is 279 g/mol. The minimum absolute atomic E-state index is 0.0862. The van der Waals surface area contributed by atoms with Crippen LogP contribution in [0.1, 0.15) is 24.8 Å². The van der Waals surface area contributed by atoms with Gasteiger partial charge in [-0.25, -0.2) is 0 Å². The molecule has 0 unspecified atom stereocenters. The molecule has 0 aliphatic rings. The molecular formula is C15H25N3O2. The fraction of sp³-hybridized carbons (Fsp3) is 0.533. The van der Waals surface area contributed by atoms with Crippen LogP contribution in [0, 0.1) is 0 Å². The molecule has 5 nitrogen and oxygen atoms in total. The van der Waals surface area contributed by atoms with Crippen molar-refractivity contribution < 1.29 is 9.90 Å². The van der Waals surface area contributed by atoms with Gasteiger partial charge in [0.2, 0.25) is 5.91 Å². The predicted molar refractivity (Wildman–Crippen MR) is 80.0 cm³/mol. The van der Waals surface area contributed by atoms with Gasteiger partial charge in [0.05, 0.1) is 18.7 Å². The summed E-state index contributed by atoms with van der Waals surface area (Å²) in [4.78, 5) is 11.9. The molecule has 0 heterocycles. The second kappa shape index (κ2) is 9.47. The Hall–Kier alpha value is -1.43. The normalized spacial score (nSPS) is 13.8. The number of hydrogen-bond acceptors (Lipinski definition) is 4. The summed E-state index contributed by atoms with van der Waals surface area (Å²) in [7, 11) is 0. The molecule has 0 aliphatic carbocycles. The maximum atomic E-state index is 11.9. The van der Waals surface area contributed by atoms with Crippen LogP contribution in [-0.2, 0) is 11.2 Å². The zero-order valence-corrected chi connectivity index (χ0v) is 11.8. The molecule has 0 aromatic heterocycles. The van der Waals surface area contributed by atoms with Crippen molar-refractivity contribution in [2.45, 2.75) is 37.8 Å². The maximum absolute atomic E-state index is 11.9. The molecule has 1 amide bonds. The first-order chi connectivity index (χ1) is 9.67. The van der Waals surface area contributed by atoms with Crippen molar-refractivity contribution in [3.8, 4) is 0 Å². The number of aliphatic hydroxyl groups is 1. The number of aliphatic hydroxyl groups excluding tert-OH is 1. The van der Waals surface area contributed by atoms with Gasteiger partial charge < -0.3 is 21.9 Å². The Morgan fingerprint density at radius 2 is 1.95 bits per heavy atom. The largest absolute Gasteiger partial charge is 0.394 e. The van der Waals surface area contributed by atoms with Gasteiger partial charge in [0.15, 0.2) is 0 Å². The van der Waals surface area contributed by atoms with Gasteiger partial charge in [-0.1, -0.05) is 30.3 Å². The van der Waals surface area contributed by atoms with Gasteiger partial charge >= 0.3 is 0 Å². The minimum atomic E-state index is -0.554. The molecule has 5 heteroatoms. The van der Waals surface area contributed by atoms with Crippen molar-refractivity contribution in [1.82, 2.24) is 5.32 Å². The standard InChI is InChI=1S/C15H25N3O2/c16-10-4-7-13(11-19)18-15(20)14(17)9-8-12-5-2-1-3-6-12/h1-3,5-6,13-14,19H,4,7-11,16-17H2,(H,18,20)/t13-,14-/m0/s1. The summed E-state index contributed by atoms with van der Waals surface area (Å²) in [6.07, 6.45) is 2.79. The Labute approximate surface area is 120 Å². The fourth-order valence-corrected chi connectivity index (χ4v) is 1.98. The van der Waals surface area contributed by atoms with Crippen molar-refractivity contribution in [2.75, 3.05) is 13.2 Å². The van der Waals surface area contributed by atoms with Crippen LogP contribution < -0.4 is 16.8 Å². The predicted octanol–water partition coefficient (Wildman–Crippen LogP) is 0.163. The third-order valence-electron chi connectivity index (χ3n) is 3.25. The van der Waals surface area contributed by atoms with Crippen LogP contribution in [0.4, 0.5) is 0 Å². The highest BCUT2D eigenvalue weighted by Crippen LogP contribution is 2.04. The van der Waals surface area contributed by atoms with Gasteiger partial charge in [-0.05, 0) is 37.8 Å². The Balaban J connectivity index is 2.34. The van der Waals surface area contributed by atoms with Crippen LogP contribution in [0.15, 0.2) is 30.3 Å². The number of nitrogens with two attached hydrogens (primary N) is 2. The lowest BCUT2D eigenvalue weighted by Crippen LogP contribution is -2.47. The van der Waals surface area contributed by atoms with Crippen LogP contribution >= 0.6 is 0 Å². The molecule has 2 atom stereocenters. The van der Waals surface area contributed by atoms with Crippen molar-refractivity contribution in [2.24, 2.45) is 11.5 Å². The molecule has 6 N–H and O–H groups in total. The zero-order valence-electron chi connectivity index (χ0n) is 11.8. The summed E-state index contributed by atoms with van der Waals surface area (Å²) < 4.78 is 0. The molecular weight excluding hydrogens is 254 g/mol. The third kappa shape index (κ3) is 6.14. The molecule has 1 aromatic carbocycles. The summed E-state index contributed by atoms with van der Waals surface area (Å²) in [6.45, 7) is 0.462. The van der Waals surface area contributed by atoms with E-state index in [1.165, 1.54) is 0 Å². The molecule has 0 spiro atoms. The Morgan fingerprint density at radius 3 is 2.55 bits per heavy atom. The van der Waals surface area contributed by atoms with E-state index in [2.05, 4.69) is 5.32 Å². The Bertz CT molecular complexity index is 384. The van der Waals surface area contributed by atoms with E-state index in [9.17, 15) is 9.90 Å². The van der Waals surface area contributed by atoms with Crippen molar-refractivity contribution in [3.63, 3.8) is 0 Å². The summed E-state index contributed by atoms with van der Waals surface area (Å²) in [6, 6.07) is 9.12. The Kier molecular flexibility index (Phi) is 7.87. The molecule has 20 heavy (non-hydrogen) atoms. The second-order valence-electron chi connectivity index (χ2n) is 4.95. The van der Waals surface area contributed by atoms with E-state index in [1.54, 1.807) is 0 Å². The lowest BCUT2D eigenvalue weighted by molar-refractivity contribution is -0.123. The van der Waals surface area contributed by atoms with Crippen LogP contribution in [0.2, 0.25) is 0 Å². The summed E-state index contributed by atoms with van der Waals surface area (Å²) in [5.41, 5.74) is 12.5. The molecule has 0 bridgehead atoms. The zero-order chi connectivity index (χ0) is 14.8. The first-order valence-corrected chi connectivity index (χ1v) is 7.08. The van der Waals surface area contributed by atoms with Crippen LogP contribution in [0.3, 0.4) is 0 Å². The molecule has 112 valence electrons. The molecule has 1 aromatic rings. The molecule has 0 radical (unpaired) electrons. The van der Waals surface area contributed by atoms with Crippen molar-refractivity contribution >= 4 is 5.91 Å². The van der Waals surface area contributed by atoms with Crippen molar-refractivity contribution in [3.05, 3.63) is 35.9 Å². The number of carbonyl (C=O) groups is 1. The second-order valence-corrected chi connectivity index (χ2v) is 4.95. The quantitative estimate of drug-likeness (QED) is 0.517. The lowest BCUT2D eigenvalue weighted by Gasteiger charge is -2.19. The highest BCUT2D eigenvalue weighted by atomic mass is 16.3. The van der Waals surface area contributed by atoms with Gasteiger partial charge in [0.25, 0.3) is 0 Å². The van der Waals surface area contributed by atoms with Gasteiger partial charge in [-0.15, -0.1) is 0 Å². The molecule has 1 rings (SSSR count). The lowest BCUT2D eigenvalue weighted by atomic mass is 10.0. The highest BCUT2D eigenvalue weighted by molar-refractivity contribution is 5.81. The summed E-state index contributed by atoms with van der Waals surface area (Å²) >= 11 is 0. The number of carbonyl (C=O) groups excluding carboxylic acids is 1. The summed E-state index contributed by atoms with van der Waals surface area (Å²) in [5.74, 6) is -0.211. The van der Waals surface area contributed by atoms with Crippen LogP contribution in [0.5, 0.6) is 0 Å². The van der Waals surface area contributed by atoms with Gasteiger partial charge in [-0.2, -0.15) is 0 Å². The van der Waals surface area contributed by atoms with E-state index in [0.29, 0.717) is 19.4 Å².